The van der Waals surface area contributed by atoms with E-state index in [4.69, 9.17) is 16.3 Å². The van der Waals surface area contributed by atoms with E-state index in [1.165, 1.54) is 0 Å². The minimum Gasteiger partial charge on any atom is -0.454 e. The van der Waals surface area contributed by atoms with Crippen LogP contribution in [-0.4, -0.2) is 23.3 Å². The van der Waals surface area contributed by atoms with E-state index in [1.807, 2.05) is 18.2 Å². The number of ketones is 1. The van der Waals surface area contributed by atoms with E-state index >= 15 is 0 Å². The molecule has 5 heteroatoms. The van der Waals surface area contributed by atoms with Crippen molar-refractivity contribution < 1.29 is 14.3 Å². The average Bonchev–Trinajstić information content (AvgIpc) is 2.58. The Bertz CT molecular complexity index is 937. The van der Waals surface area contributed by atoms with E-state index in [0.29, 0.717) is 32.7 Å². The van der Waals surface area contributed by atoms with E-state index in [2.05, 4.69) is 4.98 Å². The molecule has 0 bridgehead atoms. The second-order valence-corrected chi connectivity index (χ2v) is 5.77. The lowest BCUT2D eigenvalue weighted by Crippen LogP contribution is -2.15. The van der Waals surface area contributed by atoms with Crippen molar-refractivity contribution in [2.75, 3.05) is 6.61 Å². The fourth-order valence-electron chi connectivity index (χ4n) is 2.43. The number of carbonyl (C=O) groups is 2. The number of fused-ring (bicyclic) bond motifs is 1. The number of hydrogen-bond donors (Lipinski definition) is 0. The number of rotatable bonds is 4. The van der Waals surface area contributed by atoms with E-state index in [1.54, 1.807) is 43.3 Å². The largest absolute Gasteiger partial charge is 0.454 e. The molecule has 0 amide bonds. The Morgan fingerprint density at radius 3 is 2.67 bits per heavy atom. The first-order chi connectivity index (χ1) is 11.5. The number of para-hydroxylation sites is 1. The molecule has 3 aromatic rings. The highest BCUT2D eigenvalue weighted by Crippen LogP contribution is 2.19. The summed E-state index contributed by atoms with van der Waals surface area (Å²) in [7, 11) is 0. The van der Waals surface area contributed by atoms with Gasteiger partial charge in [-0.1, -0.05) is 41.9 Å². The van der Waals surface area contributed by atoms with E-state index < -0.39 is 5.97 Å². The zero-order chi connectivity index (χ0) is 17.1. The van der Waals surface area contributed by atoms with E-state index in [0.717, 1.165) is 0 Å². The zero-order valence-corrected chi connectivity index (χ0v) is 13.7. The molecule has 0 saturated heterocycles. The number of carbonyl (C=O) groups excluding carboxylic acids is 2. The number of ether oxygens (including phenoxy) is 1. The number of benzene rings is 2. The molecular weight excluding hydrogens is 326 g/mol. The molecule has 0 spiro atoms. The van der Waals surface area contributed by atoms with Crippen LogP contribution in [0.5, 0.6) is 0 Å². The Hall–Kier alpha value is -2.72. The molecule has 0 radical (unpaired) electrons. The average molecular weight is 340 g/mol. The standard InChI is InChI=1S/C19H14ClNO3/c1-12-9-16(15-7-2-3-8-17(15)21-12)19(23)24-11-18(22)13-5-4-6-14(20)10-13/h2-10H,11H2,1H3. The van der Waals surface area contributed by atoms with Crippen LogP contribution in [0.25, 0.3) is 10.9 Å². The highest BCUT2D eigenvalue weighted by molar-refractivity contribution is 6.31. The SMILES string of the molecule is Cc1cc(C(=O)OCC(=O)c2cccc(Cl)c2)c2ccccc2n1. The minimum absolute atomic E-state index is 0.305. The molecule has 1 aromatic heterocycles. The van der Waals surface area contributed by atoms with Crippen molar-refractivity contribution in [2.24, 2.45) is 0 Å². The third-order valence-electron chi connectivity index (χ3n) is 3.55. The minimum atomic E-state index is -0.549. The Labute approximate surface area is 144 Å². The number of hydrogen-bond acceptors (Lipinski definition) is 4. The van der Waals surface area contributed by atoms with Gasteiger partial charge in [-0.25, -0.2) is 4.79 Å². The van der Waals surface area contributed by atoms with Crippen LogP contribution in [-0.2, 0) is 4.74 Å². The highest BCUT2D eigenvalue weighted by Gasteiger charge is 2.15. The number of halogens is 1. The fourth-order valence-corrected chi connectivity index (χ4v) is 2.62. The van der Waals surface area contributed by atoms with Crippen LogP contribution >= 0.6 is 11.6 Å². The van der Waals surface area contributed by atoms with Crippen LogP contribution < -0.4 is 0 Å². The first-order valence-electron chi connectivity index (χ1n) is 7.37. The lowest BCUT2D eigenvalue weighted by molar-refractivity contribution is 0.0476. The van der Waals surface area contributed by atoms with Crippen molar-refractivity contribution in [1.29, 1.82) is 0 Å². The number of aryl methyl sites for hydroxylation is 1. The Morgan fingerprint density at radius 2 is 1.88 bits per heavy atom. The Morgan fingerprint density at radius 1 is 1.08 bits per heavy atom. The summed E-state index contributed by atoms with van der Waals surface area (Å²) in [6, 6.07) is 15.5. The highest BCUT2D eigenvalue weighted by atomic mass is 35.5. The van der Waals surface area contributed by atoms with Gasteiger partial charge in [0, 0.05) is 21.7 Å². The van der Waals surface area contributed by atoms with Gasteiger partial charge < -0.3 is 4.74 Å². The predicted molar refractivity (Wildman–Crippen MR) is 92.5 cm³/mol. The smallest absolute Gasteiger partial charge is 0.339 e. The molecule has 0 atom stereocenters. The van der Waals surface area contributed by atoms with Crippen LogP contribution in [0.2, 0.25) is 5.02 Å². The van der Waals surface area contributed by atoms with Gasteiger partial charge in [0.05, 0.1) is 11.1 Å². The molecule has 0 unspecified atom stereocenters. The van der Waals surface area contributed by atoms with Gasteiger partial charge in [0.1, 0.15) is 0 Å². The fraction of sp³-hybridized carbons (Fsp3) is 0.105. The summed E-state index contributed by atoms with van der Waals surface area (Å²) in [6.07, 6.45) is 0. The maximum absolute atomic E-state index is 12.4. The molecular formula is C19H14ClNO3. The van der Waals surface area contributed by atoms with Crippen molar-refractivity contribution >= 4 is 34.3 Å². The molecule has 0 fully saturated rings. The molecule has 4 nitrogen and oxygen atoms in total. The van der Waals surface area contributed by atoms with Gasteiger partial charge in [0.25, 0.3) is 0 Å². The summed E-state index contributed by atoms with van der Waals surface area (Å²) in [4.78, 5) is 28.9. The second kappa shape index (κ2) is 6.81. The Kier molecular flexibility index (Phi) is 4.58. The molecule has 0 aliphatic carbocycles. The van der Waals surface area contributed by atoms with E-state index in [9.17, 15) is 9.59 Å². The van der Waals surface area contributed by atoms with Gasteiger partial charge in [-0.15, -0.1) is 0 Å². The van der Waals surface area contributed by atoms with Gasteiger partial charge in [0.2, 0.25) is 0 Å². The molecule has 3 rings (SSSR count). The maximum Gasteiger partial charge on any atom is 0.339 e. The lowest BCUT2D eigenvalue weighted by Gasteiger charge is -2.08. The van der Waals surface area contributed by atoms with Crippen molar-refractivity contribution in [3.05, 3.63) is 76.4 Å². The van der Waals surface area contributed by atoms with Gasteiger partial charge >= 0.3 is 5.97 Å². The zero-order valence-electron chi connectivity index (χ0n) is 13.0. The van der Waals surface area contributed by atoms with Crippen molar-refractivity contribution in [1.82, 2.24) is 4.98 Å². The third-order valence-corrected chi connectivity index (χ3v) is 3.78. The van der Waals surface area contributed by atoms with Crippen LogP contribution in [0.1, 0.15) is 26.4 Å². The van der Waals surface area contributed by atoms with E-state index in [-0.39, 0.29) is 12.4 Å². The molecule has 0 aliphatic heterocycles. The van der Waals surface area contributed by atoms with Gasteiger partial charge in [-0.3, -0.25) is 9.78 Å². The molecule has 0 N–H and O–H groups in total. The first-order valence-corrected chi connectivity index (χ1v) is 7.74. The maximum atomic E-state index is 12.4. The molecule has 24 heavy (non-hydrogen) atoms. The monoisotopic (exact) mass is 339 g/mol. The lowest BCUT2D eigenvalue weighted by atomic mass is 10.1. The number of pyridine rings is 1. The molecule has 120 valence electrons. The quantitative estimate of drug-likeness (QED) is 0.527. The molecule has 1 heterocycles. The van der Waals surface area contributed by atoms with Crippen molar-refractivity contribution in [3.8, 4) is 0 Å². The summed E-state index contributed by atoms with van der Waals surface area (Å²) < 4.78 is 5.19. The summed E-state index contributed by atoms with van der Waals surface area (Å²) in [5.74, 6) is -0.854. The van der Waals surface area contributed by atoms with Crippen LogP contribution in [0, 0.1) is 6.92 Å². The first kappa shape index (κ1) is 16.1. The number of aromatic nitrogens is 1. The summed E-state index contributed by atoms with van der Waals surface area (Å²) in [6.45, 7) is 1.47. The van der Waals surface area contributed by atoms with Crippen LogP contribution in [0.3, 0.4) is 0 Å². The topological polar surface area (TPSA) is 56.3 Å². The van der Waals surface area contributed by atoms with Gasteiger partial charge in [0.15, 0.2) is 12.4 Å². The number of esters is 1. The van der Waals surface area contributed by atoms with Crippen LogP contribution in [0.4, 0.5) is 0 Å². The normalized spacial score (nSPS) is 10.6. The Balaban J connectivity index is 1.80. The van der Waals surface area contributed by atoms with Crippen LogP contribution in [0.15, 0.2) is 54.6 Å². The summed E-state index contributed by atoms with van der Waals surface area (Å²) in [5, 5.41) is 1.16. The predicted octanol–water partition coefficient (Wildman–Crippen LogP) is 4.24. The van der Waals surface area contributed by atoms with Gasteiger partial charge in [-0.2, -0.15) is 0 Å². The van der Waals surface area contributed by atoms with Crippen molar-refractivity contribution in [3.63, 3.8) is 0 Å². The number of Topliss-reactive ketones (excluding diaryl/α,β-unsaturated/α-hetero) is 1. The summed E-state index contributed by atoms with van der Waals surface area (Å²) >= 11 is 5.86. The third kappa shape index (κ3) is 3.44. The number of nitrogens with zero attached hydrogens (tertiary/aromatic N) is 1. The second-order valence-electron chi connectivity index (χ2n) is 5.34. The summed E-state index contributed by atoms with van der Waals surface area (Å²) in [5.41, 5.74) is 2.23. The molecule has 2 aromatic carbocycles. The van der Waals surface area contributed by atoms with Gasteiger partial charge in [-0.05, 0) is 31.2 Å². The van der Waals surface area contributed by atoms with Crippen molar-refractivity contribution in [2.45, 2.75) is 6.92 Å². The molecule has 0 aliphatic rings. The molecule has 0 saturated carbocycles.